The molecule has 9 heteroatoms. The van der Waals surface area contributed by atoms with E-state index in [9.17, 15) is 13.2 Å². The predicted molar refractivity (Wildman–Crippen MR) is 97.6 cm³/mol. The number of nitrogen functional groups attached to an aromatic ring is 1. The molecule has 0 saturated carbocycles. The van der Waals surface area contributed by atoms with Crippen molar-refractivity contribution in [1.29, 1.82) is 0 Å². The molecular formula is C17H20N4O4S. The van der Waals surface area contributed by atoms with Gasteiger partial charge in [-0.15, -0.1) is 0 Å². The van der Waals surface area contributed by atoms with E-state index < -0.39 is 15.4 Å². The molecule has 26 heavy (non-hydrogen) atoms. The van der Waals surface area contributed by atoms with Crippen LogP contribution in [0, 0.1) is 0 Å². The number of nitrogens with one attached hydrogen (secondary N) is 1. The van der Waals surface area contributed by atoms with Gasteiger partial charge in [0.05, 0.1) is 11.1 Å². The highest BCUT2D eigenvalue weighted by Gasteiger charge is 2.29. The Morgan fingerprint density at radius 3 is 2.58 bits per heavy atom. The molecule has 3 aromatic rings. The Morgan fingerprint density at radius 2 is 1.88 bits per heavy atom. The van der Waals surface area contributed by atoms with E-state index in [4.69, 9.17) is 10.8 Å². The number of nitrogens with two attached hydrogens (primary N) is 1. The number of unbranched alkanes of at least 4 members (excludes halogenated alkanes) is 2. The number of hydrogen-bond donors (Lipinski definition) is 3. The first kappa shape index (κ1) is 18.2. The normalized spacial score (nSPS) is 11.9. The summed E-state index contributed by atoms with van der Waals surface area (Å²) >= 11 is 0. The Balaban J connectivity index is 2.19. The van der Waals surface area contributed by atoms with Gasteiger partial charge in [0.1, 0.15) is 16.2 Å². The number of aliphatic hydroxyl groups excluding tert-OH is 1. The number of nitrogens with zero attached hydrogens (tertiary/aromatic N) is 2. The average molecular weight is 376 g/mol. The molecule has 0 unspecified atom stereocenters. The van der Waals surface area contributed by atoms with Crippen molar-refractivity contribution < 1.29 is 13.5 Å². The molecule has 0 radical (unpaired) electrons. The second kappa shape index (κ2) is 7.30. The molecule has 138 valence electrons. The maximum absolute atomic E-state index is 13.1. The van der Waals surface area contributed by atoms with Crippen LogP contribution in [0.4, 0.5) is 5.82 Å². The minimum atomic E-state index is -3.91. The monoisotopic (exact) mass is 376 g/mol. The zero-order valence-corrected chi connectivity index (χ0v) is 14.9. The van der Waals surface area contributed by atoms with Crippen molar-refractivity contribution in [3.8, 4) is 0 Å². The molecule has 0 saturated heterocycles. The third-order valence-corrected chi connectivity index (χ3v) is 6.09. The molecule has 1 aromatic carbocycles. The number of aromatic nitrogens is 3. The van der Waals surface area contributed by atoms with Gasteiger partial charge < -0.3 is 15.4 Å². The summed E-state index contributed by atoms with van der Waals surface area (Å²) < 4.78 is 27.7. The summed E-state index contributed by atoms with van der Waals surface area (Å²) in [4.78, 5) is 12.3. The second-order valence-electron chi connectivity index (χ2n) is 5.93. The lowest BCUT2D eigenvalue weighted by Crippen LogP contribution is -2.13. The Kier molecular flexibility index (Phi) is 5.10. The van der Waals surface area contributed by atoms with Crippen molar-refractivity contribution in [3.05, 3.63) is 46.9 Å². The van der Waals surface area contributed by atoms with E-state index in [0.29, 0.717) is 19.4 Å². The molecule has 2 heterocycles. The van der Waals surface area contributed by atoms with Gasteiger partial charge in [-0.2, -0.15) is 5.10 Å². The molecule has 0 aliphatic carbocycles. The summed E-state index contributed by atoms with van der Waals surface area (Å²) in [6.45, 7) is 0.458. The lowest BCUT2D eigenvalue weighted by molar-refractivity contribution is 0.282. The van der Waals surface area contributed by atoms with Crippen molar-refractivity contribution >= 4 is 26.6 Å². The van der Waals surface area contributed by atoms with E-state index in [2.05, 4.69) is 10.2 Å². The average Bonchev–Trinajstić information content (AvgIpc) is 2.93. The van der Waals surface area contributed by atoms with Crippen molar-refractivity contribution in [3.63, 3.8) is 0 Å². The molecule has 4 N–H and O–H groups in total. The Bertz CT molecular complexity index is 1070. The van der Waals surface area contributed by atoms with Crippen molar-refractivity contribution in [2.45, 2.75) is 35.6 Å². The maximum atomic E-state index is 13.1. The highest BCUT2D eigenvalue weighted by molar-refractivity contribution is 7.92. The summed E-state index contributed by atoms with van der Waals surface area (Å²) in [6.07, 6.45) is 3.33. The first-order valence-corrected chi connectivity index (χ1v) is 9.73. The SMILES string of the molecule is Nc1c(S(=O)(=O)c2ccccc2)c2cn[nH]c(=O)c2n1CCCCCO. The van der Waals surface area contributed by atoms with Crippen LogP contribution < -0.4 is 11.3 Å². The van der Waals surface area contributed by atoms with Crippen molar-refractivity contribution in [2.24, 2.45) is 0 Å². The largest absolute Gasteiger partial charge is 0.396 e. The third-order valence-electron chi connectivity index (χ3n) is 4.23. The molecule has 0 amide bonds. The van der Waals surface area contributed by atoms with Gasteiger partial charge in [-0.25, -0.2) is 13.5 Å². The van der Waals surface area contributed by atoms with Crippen LogP contribution in [0.5, 0.6) is 0 Å². The van der Waals surface area contributed by atoms with Gasteiger partial charge in [-0.1, -0.05) is 18.2 Å². The van der Waals surface area contributed by atoms with E-state index in [1.807, 2.05) is 0 Å². The molecule has 0 aliphatic heterocycles. The van der Waals surface area contributed by atoms with E-state index >= 15 is 0 Å². The molecule has 2 aromatic heterocycles. The van der Waals surface area contributed by atoms with Gasteiger partial charge in [0.2, 0.25) is 9.84 Å². The number of aliphatic hydroxyl groups is 1. The van der Waals surface area contributed by atoms with Gasteiger partial charge >= 0.3 is 0 Å². The summed E-state index contributed by atoms with van der Waals surface area (Å²) in [5, 5.41) is 15.2. The summed E-state index contributed by atoms with van der Waals surface area (Å²) in [5.74, 6) is 0.0198. The smallest absolute Gasteiger partial charge is 0.288 e. The summed E-state index contributed by atoms with van der Waals surface area (Å²) in [6, 6.07) is 7.95. The molecule has 8 nitrogen and oxygen atoms in total. The molecule has 0 fully saturated rings. The maximum Gasteiger partial charge on any atom is 0.288 e. The van der Waals surface area contributed by atoms with Crippen LogP contribution in [-0.2, 0) is 16.4 Å². The van der Waals surface area contributed by atoms with Gasteiger partial charge in [0.15, 0.2) is 0 Å². The van der Waals surface area contributed by atoms with Crippen LogP contribution in [0.25, 0.3) is 10.9 Å². The second-order valence-corrected chi connectivity index (χ2v) is 7.81. The van der Waals surface area contributed by atoms with E-state index in [0.717, 1.165) is 6.42 Å². The van der Waals surface area contributed by atoms with E-state index in [1.165, 1.54) is 22.9 Å². The van der Waals surface area contributed by atoms with Crippen LogP contribution in [0.15, 0.2) is 51.1 Å². The number of sulfone groups is 1. The summed E-state index contributed by atoms with van der Waals surface area (Å²) in [5.41, 5.74) is 5.87. The lowest BCUT2D eigenvalue weighted by atomic mass is 10.2. The van der Waals surface area contributed by atoms with Crippen LogP contribution >= 0.6 is 0 Å². The fraction of sp³-hybridized carbons (Fsp3) is 0.294. The molecular weight excluding hydrogens is 356 g/mol. The third kappa shape index (κ3) is 3.11. The number of H-pyrrole nitrogens is 1. The summed E-state index contributed by atoms with van der Waals surface area (Å²) in [7, 11) is -3.91. The van der Waals surface area contributed by atoms with Gasteiger partial charge in [0, 0.05) is 18.5 Å². The number of rotatable bonds is 7. The predicted octanol–water partition coefficient (Wildman–Crippen LogP) is 1.30. The molecule has 0 spiro atoms. The van der Waals surface area contributed by atoms with Crippen LogP contribution in [-0.4, -0.2) is 34.9 Å². The van der Waals surface area contributed by atoms with E-state index in [1.54, 1.807) is 18.2 Å². The van der Waals surface area contributed by atoms with E-state index in [-0.39, 0.29) is 33.1 Å². The van der Waals surface area contributed by atoms with Gasteiger partial charge in [0.25, 0.3) is 5.56 Å². The minimum Gasteiger partial charge on any atom is -0.396 e. The lowest BCUT2D eigenvalue weighted by Gasteiger charge is -2.08. The molecule has 0 bridgehead atoms. The zero-order valence-electron chi connectivity index (χ0n) is 14.1. The van der Waals surface area contributed by atoms with Gasteiger partial charge in [-0.3, -0.25) is 4.79 Å². The molecule has 0 atom stereocenters. The van der Waals surface area contributed by atoms with Crippen LogP contribution in [0.1, 0.15) is 19.3 Å². The Morgan fingerprint density at radius 1 is 1.15 bits per heavy atom. The fourth-order valence-electron chi connectivity index (χ4n) is 3.00. The first-order valence-electron chi connectivity index (χ1n) is 8.25. The minimum absolute atomic E-state index is 0.0198. The quantitative estimate of drug-likeness (QED) is 0.533. The fourth-order valence-corrected chi connectivity index (χ4v) is 4.57. The topological polar surface area (TPSA) is 131 Å². The number of benzene rings is 1. The molecule has 0 aliphatic rings. The highest BCUT2D eigenvalue weighted by atomic mass is 32.2. The first-order chi connectivity index (χ1) is 12.5. The van der Waals surface area contributed by atoms with Gasteiger partial charge in [-0.05, 0) is 31.4 Å². The number of fused-ring (bicyclic) bond motifs is 1. The number of aromatic amines is 1. The Labute approximate surface area is 150 Å². The number of aryl methyl sites for hydroxylation is 1. The number of hydrogen-bond acceptors (Lipinski definition) is 6. The Hall–Kier alpha value is -2.65. The van der Waals surface area contributed by atoms with Crippen molar-refractivity contribution in [1.82, 2.24) is 14.8 Å². The standard InChI is InChI=1S/C17H20N4O4S/c18-16-15(26(24,25)12-7-3-1-4-8-12)13-11-19-20-17(23)14(13)21(16)9-5-2-6-10-22/h1,3-4,7-8,11,22H,2,5-6,9-10,18H2,(H,20,23). The molecule has 3 rings (SSSR count). The van der Waals surface area contributed by atoms with Crippen LogP contribution in [0.3, 0.4) is 0 Å². The zero-order chi connectivity index (χ0) is 18.7. The number of anilines is 1. The van der Waals surface area contributed by atoms with Crippen LogP contribution in [0.2, 0.25) is 0 Å². The van der Waals surface area contributed by atoms with Crippen molar-refractivity contribution in [2.75, 3.05) is 12.3 Å². The highest BCUT2D eigenvalue weighted by Crippen LogP contribution is 2.34.